The van der Waals surface area contributed by atoms with Crippen LogP contribution in [0.2, 0.25) is 15.1 Å². The van der Waals surface area contributed by atoms with Gasteiger partial charge in [-0.2, -0.15) is 26.3 Å². The van der Waals surface area contributed by atoms with Crippen molar-refractivity contribution < 1.29 is 26.3 Å². The van der Waals surface area contributed by atoms with Gasteiger partial charge in [-0.05, 0) is 66.0 Å². The van der Waals surface area contributed by atoms with Crippen molar-refractivity contribution in [3.8, 4) is 0 Å². The van der Waals surface area contributed by atoms with Crippen LogP contribution in [0.3, 0.4) is 0 Å². The molecular weight excluding hydrogens is 569 g/mol. The van der Waals surface area contributed by atoms with Crippen molar-refractivity contribution in [2.24, 2.45) is 0 Å². The van der Waals surface area contributed by atoms with E-state index in [0.717, 1.165) is 29.6 Å². The second-order valence-corrected chi connectivity index (χ2v) is 10.5. The number of halogens is 9. The van der Waals surface area contributed by atoms with Crippen LogP contribution in [0.25, 0.3) is 0 Å². The summed E-state index contributed by atoms with van der Waals surface area (Å²) in [5.74, 6) is 0. The third kappa shape index (κ3) is 6.37. The Balaban J connectivity index is 1.66. The second-order valence-electron chi connectivity index (χ2n) is 8.08. The molecule has 0 bridgehead atoms. The van der Waals surface area contributed by atoms with Crippen LogP contribution in [0.5, 0.6) is 0 Å². The fourth-order valence-electron chi connectivity index (χ4n) is 3.94. The highest BCUT2D eigenvalue weighted by atomic mass is 35.5. The van der Waals surface area contributed by atoms with Gasteiger partial charge >= 0.3 is 12.4 Å². The highest BCUT2D eigenvalue weighted by molar-refractivity contribution is 7.97. The first kappa shape index (κ1) is 27.3. The molecule has 1 unspecified atom stereocenters. The van der Waals surface area contributed by atoms with E-state index < -0.39 is 23.5 Å². The summed E-state index contributed by atoms with van der Waals surface area (Å²) in [7, 11) is 0. The van der Waals surface area contributed by atoms with Gasteiger partial charge < -0.3 is 4.90 Å². The third-order valence-corrected chi connectivity index (χ3v) is 7.44. The lowest BCUT2D eigenvalue weighted by Gasteiger charge is -2.43. The van der Waals surface area contributed by atoms with Crippen molar-refractivity contribution in [1.29, 1.82) is 0 Å². The molecule has 0 spiro atoms. The van der Waals surface area contributed by atoms with Crippen LogP contribution in [-0.4, -0.2) is 23.9 Å². The minimum Gasteiger partial charge on any atom is -0.361 e. The molecule has 0 aliphatic carbocycles. The molecule has 36 heavy (non-hydrogen) atoms. The second kappa shape index (κ2) is 10.5. The lowest BCUT2D eigenvalue weighted by atomic mass is 10.0. The lowest BCUT2D eigenvalue weighted by Crippen LogP contribution is -2.46. The highest BCUT2D eigenvalue weighted by Crippen LogP contribution is 2.42. The number of benzene rings is 3. The molecule has 1 heterocycles. The summed E-state index contributed by atoms with van der Waals surface area (Å²) in [4.78, 5) is 1.89. The highest BCUT2D eigenvalue weighted by Gasteiger charge is 2.38. The van der Waals surface area contributed by atoms with Gasteiger partial charge in [0.05, 0.1) is 27.9 Å². The molecule has 192 valence electrons. The first-order valence-corrected chi connectivity index (χ1v) is 12.4. The van der Waals surface area contributed by atoms with Gasteiger partial charge in [0.1, 0.15) is 0 Å². The fraction of sp³-hybridized carbons (Fsp3) is 0.250. The Bertz CT molecular complexity index is 1200. The molecule has 0 amide bonds. The summed E-state index contributed by atoms with van der Waals surface area (Å²) in [6, 6.07) is 13.5. The Labute approximate surface area is 222 Å². The van der Waals surface area contributed by atoms with Crippen LogP contribution in [0.1, 0.15) is 22.7 Å². The molecule has 1 aliphatic heterocycles. The van der Waals surface area contributed by atoms with E-state index in [2.05, 4.69) is 0 Å². The molecule has 1 saturated heterocycles. The summed E-state index contributed by atoms with van der Waals surface area (Å²) in [6.45, 7) is 1.06. The van der Waals surface area contributed by atoms with E-state index >= 15 is 0 Å². The van der Waals surface area contributed by atoms with E-state index in [1.807, 2.05) is 17.0 Å². The van der Waals surface area contributed by atoms with Crippen LogP contribution >= 0.6 is 46.8 Å². The monoisotopic (exact) mass is 584 g/mol. The van der Waals surface area contributed by atoms with Crippen molar-refractivity contribution in [3.63, 3.8) is 0 Å². The molecular formula is C24H17Cl3F6N2S. The van der Waals surface area contributed by atoms with Gasteiger partial charge in [0, 0.05) is 34.6 Å². The zero-order valence-corrected chi connectivity index (χ0v) is 21.3. The van der Waals surface area contributed by atoms with Crippen LogP contribution in [0.15, 0.2) is 65.6 Å². The normalized spacial score (nSPS) is 17.5. The molecule has 3 aromatic rings. The number of rotatable bonds is 4. The average molecular weight is 586 g/mol. The molecule has 1 aliphatic rings. The van der Waals surface area contributed by atoms with Crippen molar-refractivity contribution in [2.75, 3.05) is 24.5 Å². The molecule has 0 saturated carbocycles. The van der Waals surface area contributed by atoms with Gasteiger partial charge in [-0.25, -0.2) is 4.31 Å². The van der Waals surface area contributed by atoms with Gasteiger partial charge in [0.15, 0.2) is 0 Å². The Hall–Kier alpha value is -1.78. The Morgan fingerprint density at radius 3 is 1.86 bits per heavy atom. The summed E-state index contributed by atoms with van der Waals surface area (Å²) in [6.07, 6.45) is -9.82. The molecule has 2 nitrogen and oxygen atoms in total. The average Bonchev–Trinajstić information content (AvgIpc) is 2.79. The predicted molar refractivity (Wildman–Crippen MR) is 132 cm³/mol. The van der Waals surface area contributed by atoms with Crippen LogP contribution in [0, 0.1) is 0 Å². The summed E-state index contributed by atoms with van der Waals surface area (Å²) in [5.41, 5.74) is -1.12. The quantitative estimate of drug-likeness (QED) is 0.223. The SMILES string of the molecule is FC(F)(F)c1cc(SN2CCN(c3ccc(Cl)cc3Cl)C(c3ccc(Cl)cc3)C2)cc(C(F)(F)F)c1. The van der Waals surface area contributed by atoms with Crippen molar-refractivity contribution in [2.45, 2.75) is 23.3 Å². The Morgan fingerprint density at radius 2 is 1.31 bits per heavy atom. The van der Waals surface area contributed by atoms with Crippen molar-refractivity contribution >= 4 is 52.4 Å². The first-order chi connectivity index (χ1) is 16.8. The molecule has 1 atom stereocenters. The van der Waals surface area contributed by atoms with E-state index in [4.69, 9.17) is 34.8 Å². The van der Waals surface area contributed by atoms with Gasteiger partial charge in [-0.3, -0.25) is 0 Å². The molecule has 0 aromatic heterocycles. The molecule has 0 radical (unpaired) electrons. The van der Waals surface area contributed by atoms with Gasteiger partial charge in [0.25, 0.3) is 0 Å². The number of anilines is 1. The number of piperazine rings is 1. The van der Waals surface area contributed by atoms with Crippen molar-refractivity contribution in [1.82, 2.24) is 4.31 Å². The minimum absolute atomic E-state index is 0.126. The third-order valence-electron chi connectivity index (χ3n) is 5.61. The summed E-state index contributed by atoms with van der Waals surface area (Å²) < 4.78 is 81.6. The summed E-state index contributed by atoms with van der Waals surface area (Å²) in [5, 5.41) is 1.42. The minimum atomic E-state index is -4.91. The van der Waals surface area contributed by atoms with Gasteiger partial charge in [-0.15, -0.1) is 0 Å². The molecule has 12 heteroatoms. The Kier molecular flexibility index (Phi) is 7.98. The van der Waals surface area contributed by atoms with Crippen molar-refractivity contribution in [3.05, 3.63) is 92.4 Å². The van der Waals surface area contributed by atoms with E-state index in [1.165, 1.54) is 0 Å². The zero-order valence-electron chi connectivity index (χ0n) is 18.2. The lowest BCUT2D eigenvalue weighted by molar-refractivity contribution is -0.143. The van der Waals surface area contributed by atoms with Gasteiger partial charge in [0.2, 0.25) is 0 Å². The van der Waals surface area contributed by atoms with Crippen LogP contribution in [0.4, 0.5) is 32.0 Å². The largest absolute Gasteiger partial charge is 0.416 e. The Morgan fingerprint density at radius 1 is 0.722 bits per heavy atom. The smallest absolute Gasteiger partial charge is 0.361 e. The predicted octanol–water partition coefficient (Wildman–Crippen LogP) is 9.25. The van der Waals surface area contributed by atoms with Crippen LogP contribution < -0.4 is 4.90 Å². The van der Waals surface area contributed by atoms with E-state index in [-0.39, 0.29) is 17.0 Å². The maximum Gasteiger partial charge on any atom is 0.416 e. The molecule has 1 fully saturated rings. The van der Waals surface area contributed by atoms with E-state index in [0.29, 0.717) is 40.4 Å². The van der Waals surface area contributed by atoms with Crippen LogP contribution in [-0.2, 0) is 12.4 Å². The maximum atomic E-state index is 13.3. The number of hydrogen-bond acceptors (Lipinski definition) is 3. The first-order valence-electron chi connectivity index (χ1n) is 10.5. The molecule has 3 aromatic carbocycles. The number of alkyl halides is 6. The van der Waals surface area contributed by atoms with E-state index in [1.54, 1.807) is 34.6 Å². The zero-order chi connectivity index (χ0) is 26.3. The number of hydrogen-bond donors (Lipinski definition) is 0. The van der Waals surface area contributed by atoms with E-state index in [9.17, 15) is 26.3 Å². The molecule has 4 rings (SSSR count). The topological polar surface area (TPSA) is 6.48 Å². The fourth-order valence-corrected chi connectivity index (χ4v) is 5.63. The van der Waals surface area contributed by atoms with Gasteiger partial charge in [-0.1, -0.05) is 46.9 Å². The number of nitrogens with zero attached hydrogens (tertiary/aromatic N) is 2. The molecule has 0 N–H and O–H groups in total. The summed E-state index contributed by atoms with van der Waals surface area (Å²) >= 11 is 19.4. The standard InChI is InChI=1S/C24H17Cl3F6N2S/c25-17-3-1-14(2-4-17)22-13-34(7-8-35(22)21-6-5-18(26)12-20(21)27)36-19-10-15(23(28,29)30)9-16(11-19)24(31,32)33/h1-6,9-12,22H,7-8,13H2. The maximum absolute atomic E-state index is 13.3.